The van der Waals surface area contributed by atoms with Gasteiger partial charge < -0.3 is 9.47 Å². The molecule has 2 aliphatic rings. The Labute approximate surface area is 76.2 Å². The molecule has 4 nitrogen and oxygen atoms in total. The van der Waals surface area contributed by atoms with Gasteiger partial charge in [-0.15, -0.1) is 3.89 Å². The molecular formula is C7H11FO4S. The number of hydrogen-bond acceptors (Lipinski definition) is 4. The molecule has 0 aromatic carbocycles. The van der Waals surface area contributed by atoms with Gasteiger partial charge in [-0.2, -0.15) is 8.42 Å². The van der Waals surface area contributed by atoms with E-state index in [4.69, 9.17) is 9.47 Å². The van der Waals surface area contributed by atoms with Crippen LogP contribution in [-0.2, 0) is 19.7 Å². The first-order valence-corrected chi connectivity index (χ1v) is 5.75. The molecule has 0 unspecified atom stereocenters. The number of hydrogen-bond donors (Lipinski definition) is 0. The van der Waals surface area contributed by atoms with Crippen molar-refractivity contribution in [2.45, 2.75) is 18.6 Å². The highest BCUT2D eigenvalue weighted by Gasteiger charge is 2.40. The zero-order valence-electron chi connectivity index (χ0n) is 6.98. The van der Waals surface area contributed by atoms with Crippen LogP contribution < -0.4 is 0 Å². The molecule has 2 rings (SSSR count). The van der Waals surface area contributed by atoms with Crippen LogP contribution >= 0.6 is 0 Å². The maximum Gasteiger partial charge on any atom is 0.304 e. The van der Waals surface area contributed by atoms with Crippen molar-refractivity contribution in [3.05, 3.63) is 0 Å². The van der Waals surface area contributed by atoms with E-state index in [9.17, 15) is 12.3 Å². The molecule has 13 heavy (non-hydrogen) atoms. The molecule has 0 aromatic rings. The topological polar surface area (TPSA) is 52.6 Å². The predicted molar refractivity (Wildman–Crippen MR) is 42.5 cm³/mol. The third-order valence-corrected chi connectivity index (χ3v) is 3.23. The molecule has 0 spiro atoms. The summed E-state index contributed by atoms with van der Waals surface area (Å²) in [7, 11) is -4.40. The molecule has 2 fully saturated rings. The molecule has 2 aliphatic heterocycles. The fraction of sp³-hybridized carbons (Fsp3) is 1.00. The lowest BCUT2D eigenvalue weighted by molar-refractivity contribution is 0.0297. The van der Waals surface area contributed by atoms with Gasteiger partial charge in [-0.25, -0.2) is 0 Å². The van der Waals surface area contributed by atoms with Crippen LogP contribution in [0.1, 0.15) is 6.42 Å². The highest BCUT2D eigenvalue weighted by molar-refractivity contribution is 7.86. The lowest BCUT2D eigenvalue weighted by atomic mass is 10.0. The SMILES string of the molecule is O=S(=O)(F)C[C@@H]1C[C@H]2COC[C@H]2O1. The third-order valence-electron chi connectivity index (χ3n) is 2.46. The van der Waals surface area contributed by atoms with E-state index in [0.717, 1.165) is 0 Å². The first-order valence-electron chi connectivity index (χ1n) is 4.20. The molecule has 0 bridgehead atoms. The Morgan fingerprint density at radius 1 is 1.38 bits per heavy atom. The fourth-order valence-electron chi connectivity index (χ4n) is 1.92. The predicted octanol–water partition coefficient (Wildman–Crippen LogP) is 0.0896. The van der Waals surface area contributed by atoms with Gasteiger partial charge in [0.15, 0.2) is 0 Å². The van der Waals surface area contributed by atoms with Gasteiger partial charge in [0, 0.05) is 5.92 Å². The standard InChI is InChI=1S/C7H11FO4S/c8-13(9,10)4-6-1-5-2-11-3-7(5)12-6/h5-7H,1-4H2/t5-,6-,7+/m0/s1. The van der Waals surface area contributed by atoms with Gasteiger partial charge in [0.1, 0.15) is 5.75 Å². The molecule has 0 radical (unpaired) electrons. The summed E-state index contributed by atoms with van der Waals surface area (Å²) in [5, 5.41) is 0. The van der Waals surface area contributed by atoms with Crippen LogP contribution in [0.5, 0.6) is 0 Å². The van der Waals surface area contributed by atoms with Gasteiger partial charge in [0.25, 0.3) is 0 Å². The number of rotatable bonds is 2. The van der Waals surface area contributed by atoms with E-state index >= 15 is 0 Å². The van der Waals surface area contributed by atoms with Crippen LogP contribution in [0, 0.1) is 5.92 Å². The summed E-state index contributed by atoms with van der Waals surface area (Å²) in [5.41, 5.74) is 0. The first kappa shape index (κ1) is 9.36. The molecule has 76 valence electrons. The second-order valence-electron chi connectivity index (χ2n) is 3.54. The van der Waals surface area contributed by atoms with Crippen molar-refractivity contribution >= 4 is 10.2 Å². The van der Waals surface area contributed by atoms with Crippen molar-refractivity contribution in [2.75, 3.05) is 19.0 Å². The lowest BCUT2D eigenvalue weighted by Gasteiger charge is -2.08. The van der Waals surface area contributed by atoms with Crippen molar-refractivity contribution in [3.8, 4) is 0 Å². The number of fused-ring (bicyclic) bond motifs is 1. The summed E-state index contributed by atoms with van der Waals surface area (Å²) in [5.74, 6) is -0.258. The van der Waals surface area contributed by atoms with Crippen molar-refractivity contribution in [2.24, 2.45) is 5.92 Å². The minimum Gasteiger partial charge on any atom is -0.378 e. The Morgan fingerprint density at radius 2 is 2.15 bits per heavy atom. The van der Waals surface area contributed by atoms with Gasteiger partial charge in [-0.3, -0.25) is 0 Å². The molecule has 3 atom stereocenters. The lowest BCUT2D eigenvalue weighted by Crippen LogP contribution is -2.20. The summed E-state index contributed by atoms with van der Waals surface area (Å²) >= 11 is 0. The Balaban J connectivity index is 1.92. The second-order valence-corrected chi connectivity index (χ2v) is 4.95. The van der Waals surface area contributed by atoms with Crippen LogP contribution in [0.2, 0.25) is 0 Å². The average Bonchev–Trinajstić information content (AvgIpc) is 2.40. The summed E-state index contributed by atoms with van der Waals surface area (Å²) < 4.78 is 43.4. The molecule has 0 saturated carbocycles. The van der Waals surface area contributed by atoms with E-state index in [1.54, 1.807) is 0 Å². The van der Waals surface area contributed by atoms with E-state index in [0.29, 0.717) is 19.6 Å². The van der Waals surface area contributed by atoms with Crippen LogP contribution in [-0.4, -0.2) is 39.6 Å². The van der Waals surface area contributed by atoms with Crippen LogP contribution in [0.15, 0.2) is 0 Å². The van der Waals surface area contributed by atoms with E-state index < -0.39 is 22.1 Å². The zero-order chi connectivity index (χ0) is 9.47. The molecule has 2 heterocycles. The minimum absolute atomic E-state index is 0.0215. The van der Waals surface area contributed by atoms with E-state index in [-0.39, 0.29) is 12.0 Å². The molecule has 0 N–H and O–H groups in total. The monoisotopic (exact) mass is 210 g/mol. The number of halogens is 1. The van der Waals surface area contributed by atoms with Crippen LogP contribution in [0.25, 0.3) is 0 Å². The highest BCUT2D eigenvalue weighted by Crippen LogP contribution is 2.31. The summed E-state index contributed by atoms with van der Waals surface area (Å²) in [6, 6.07) is 0. The Morgan fingerprint density at radius 3 is 2.77 bits per heavy atom. The van der Waals surface area contributed by atoms with E-state index in [1.165, 1.54) is 0 Å². The minimum atomic E-state index is -4.40. The maximum atomic E-state index is 12.3. The molecule has 6 heteroatoms. The van der Waals surface area contributed by atoms with E-state index in [1.807, 2.05) is 0 Å². The van der Waals surface area contributed by atoms with Crippen molar-refractivity contribution in [1.29, 1.82) is 0 Å². The quantitative estimate of drug-likeness (QED) is 0.606. The van der Waals surface area contributed by atoms with Gasteiger partial charge in [-0.05, 0) is 6.42 Å². The molecule has 0 amide bonds. The summed E-state index contributed by atoms with van der Waals surface area (Å²) in [6.07, 6.45) is 0.0917. The molecule has 0 aromatic heterocycles. The first-order chi connectivity index (χ1) is 6.04. The average molecular weight is 210 g/mol. The zero-order valence-corrected chi connectivity index (χ0v) is 7.80. The maximum absolute atomic E-state index is 12.3. The van der Waals surface area contributed by atoms with Crippen molar-refractivity contribution in [3.63, 3.8) is 0 Å². The van der Waals surface area contributed by atoms with Crippen molar-refractivity contribution < 1.29 is 21.8 Å². The van der Waals surface area contributed by atoms with Gasteiger partial charge >= 0.3 is 10.2 Å². The molecule has 0 aliphatic carbocycles. The Kier molecular flexibility index (Phi) is 2.29. The Hall–Kier alpha value is -0.200. The van der Waals surface area contributed by atoms with Crippen LogP contribution in [0.4, 0.5) is 3.89 Å². The van der Waals surface area contributed by atoms with Gasteiger partial charge in [-0.1, -0.05) is 0 Å². The Bertz CT molecular complexity index is 277. The molecular weight excluding hydrogens is 199 g/mol. The van der Waals surface area contributed by atoms with Gasteiger partial charge in [0.2, 0.25) is 0 Å². The fourth-order valence-corrected chi connectivity index (χ4v) is 2.58. The number of ether oxygens (including phenoxy) is 2. The smallest absolute Gasteiger partial charge is 0.304 e. The van der Waals surface area contributed by atoms with E-state index in [2.05, 4.69) is 0 Å². The molecule has 2 saturated heterocycles. The highest BCUT2D eigenvalue weighted by atomic mass is 32.3. The van der Waals surface area contributed by atoms with Gasteiger partial charge in [0.05, 0.1) is 25.4 Å². The normalized spacial score (nSPS) is 39.3. The second kappa shape index (κ2) is 3.18. The largest absolute Gasteiger partial charge is 0.378 e. The summed E-state index contributed by atoms with van der Waals surface area (Å²) in [6.45, 7) is 1.11. The van der Waals surface area contributed by atoms with Crippen LogP contribution in [0.3, 0.4) is 0 Å². The summed E-state index contributed by atoms with van der Waals surface area (Å²) in [4.78, 5) is 0. The third kappa shape index (κ3) is 2.18. The van der Waals surface area contributed by atoms with Crippen molar-refractivity contribution in [1.82, 2.24) is 0 Å².